The molecule has 0 saturated heterocycles. The SMILES string of the molecule is CCN(C)C(=O)c1cccc(C(=O)NC(CCC(=O)O)Cc2ccccc2)c1. The smallest absolute Gasteiger partial charge is 0.303 e. The monoisotopic (exact) mass is 382 g/mol. The third-order valence-corrected chi connectivity index (χ3v) is 4.56. The normalized spacial score (nSPS) is 11.5. The Labute approximate surface area is 165 Å². The molecule has 28 heavy (non-hydrogen) atoms. The van der Waals surface area contributed by atoms with Crippen LogP contribution in [0.2, 0.25) is 0 Å². The van der Waals surface area contributed by atoms with E-state index in [-0.39, 0.29) is 24.3 Å². The number of carbonyl (C=O) groups is 3. The van der Waals surface area contributed by atoms with Crippen molar-refractivity contribution in [1.29, 1.82) is 0 Å². The molecular formula is C22H26N2O4. The van der Waals surface area contributed by atoms with Crippen LogP contribution in [0.5, 0.6) is 0 Å². The summed E-state index contributed by atoms with van der Waals surface area (Å²) in [7, 11) is 1.71. The number of nitrogens with zero attached hydrogens (tertiary/aromatic N) is 1. The fraction of sp³-hybridized carbons (Fsp3) is 0.318. The lowest BCUT2D eigenvalue weighted by Crippen LogP contribution is -2.37. The van der Waals surface area contributed by atoms with Gasteiger partial charge < -0.3 is 15.3 Å². The third kappa shape index (κ3) is 6.23. The van der Waals surface area contributed by atoms with Gasteiger partial charge in [0, 0.05) is 37.2 Å². The first-order valence-corrected chi connectivity index (χ1v) is 9.32. The van der Waals surface area contributed by atoms with Gasteiger partial charge in [-0.2, -0.15) is 0 Å². The minimum absolute atomic E-state index is 0.0302. The Bertz CT molecular complexity index is 820. The fourth-order valence-electron chi connectivity index (χ4n) is 2.85. The largest absolute Gasteiger partial charge is 0.481 e. The van der Waals surface area contributed by atoms with Gasteiger partial charge in [-0.3, -0.25) is 14.4 Å². The molecule has 2 aromatic rings. The molecule has 1 unspecified atom stereocenters. The molecule has 0 heterocycles. The molecule has 6 nitrogen and oxygen atoms in total. The zero-order valence-electron chi connectivity index (χ0n) is 16.2. The van der Waals surface area contributed by atoms with Crippen LogP contribution in [0.1, 0.15) is 46.0 Å². The van der Waals surface area contributed by atoms with Crippen LogP contribution in [0.15, 0.2) is 54.6 Å². The molecule has 0 bridgehead atoms. The van der Waals surface area contributed by atoms with E-state index >= 15 is 0 Å². The lowest BCUT2D eigenvalue weighted by Gasteiger charge is -2.19. The van der Waals surface area contributed by atoms with Gasteiger partial charge in [0.2, 0.25) is 0 Å². The van der Waals surface area contributed by atoms with Gasteiger partial charge in [-0.25, -0.2) is 0 Å². The maximum absolute atomic E-state index is 12.7. The summed E-state index contributed by atoms with van der Waals surface area (Å²) in [6.07, 6.45) is 0.835. The summed E-state index contributed by atoms with van der Waals surface area (Å²) in [5.74, 6) is -1.37. The molecule has 2 amide bonds. The summed E-state index contributed by atoms with van der Waals surface area (Å²) in [6, 6.07) is 15.9. The second-order valence-corrected chi connectivity index (χ2v) is 6.69. The predicted molar refractivity (Wildman–Crippen MR) is 107 cm³/mol. The number of rotatable bonds is 9. The van der Waals surface area contributed by atoms with E-state index in [1.807, 2.05) is 37.3 Å². The molecule has 0 radical (unpaired) electrons. The van der Waals surface area contributed by atoms with Crippen LogP contribution in [-0.4, -0.2) is 47.4 Å². The van der Waals surface area contributed by atoms with Crippen LogP contribution in [0.3, 0.4) is 0 Å². The highest BCUT2D eigenvalue weighted by molar-refractivity contribution is 5.99. The van der Waals surface area contributed by atoms with Crippen molar-refractivity contribution in [1.82, 2.24) is 10.2 Å². The van der Waals surface area contributed by atoms with Crippen molar-refractivity contribution in [2.75, 3.05) is 13.6 Å². The number of carboxylic acid groups (broad SMARTS) is 1. The van der Waals surface area contributed by atoms with Gasteiger partial charge in [0.05, 0.1) is 0 Å². The maximum atomic E-state index is 12.7. The molecule has 2 N–H and O–H groups in total. The zero-order chi connectivity index (χ0) is 20.5. The lowest BCUT2D eigenvalue weighted by molar-refractivity contribution is -0.137. The highest BCUT2D eigenvalue weighted by atomic mass is 16.4. The molecular weight excluding hydrogens is 356 g/mol. The number of carboxylic acids is 1. The molecule has 0 aliphatic heterocycles. The molecule has 0 spiro atoms. The minimum Gasteiger partial charge on any atom is -0.481 e. The number of nitrogens with one attached hydrogen (secondary N) is 1. The molecule has 0 aliphatic carbocycles. The number of hydrogen-bond donors (Lipinski definition) is 2. The Balaban J connectivity index is 2.13. The first kappa shape index (κ1) is 21.2. The van der Waals surface area contributed by atoms with E-state index < -0.39 is 5.97 Å². The summed E-state index contributed by atoms with van der Waals surface area (Å²) in [6.45, 7) is 2.45. The lowest BCUT2D eigenvalue weighted by atomic mass is 10.0. The Hall–Kier alpha value is -3.15. The Morgan fingerprint density at radius 1 is 1.04 bits per heavy atom. The summed E-state index contributed by atoms with van der Waals surface area (Å²) in [4.78, 5) is 37.6. The molecule has 148 valence electrons. The number of aliphatic carboxylic acids is 1. The second kappa shape index (κ2) is 10.3. The summed E-state index contributed by atoms with van der Waals surface area (Å²) < 4.78 is 0. The van der Waals surface area contributed by atoms with Crippen LogP contribution in [0.4, 0.5) is 0 Å². The average molecular weight is 382 g/mol. The summed E-state index contributed by atoms with van der Waals surface area (Å²) in [5.41, 5.74) is 1.84. The van der Waals surface area contributed by atoms with E-state index in [4.69, 9.17) is 5.11 Å². The van der Waals surface area contributed by atoms with Crippen LogP contribution in [0, 0.1) is 0 Å². The number of hydrogen-bond acceptors (Lipinski definition) is 3. The van der Waals surface area contributed by atoms with E-state index in [0.717, 1.165) is 5.56 Å². The molecule has 1 atom stereocenters. The molecule has 0 aromatic heterocycles. The summed E-state index contributed by atoms with van der Waals surface area (Å²) in [5, 5.41) is 11.9. The number of benzene rings is 2. The van der Waals surface area contributed by atoms with Crippen LogP contribution < -0.4 is 5.32 Å². The molecule has 2 aromatic carbocycles. The Morgan fingerprint density at radius 3 is 2.36 bits per heavy atom. The van der Waals surface area contributed by atoms with Gasteiger partial charge in [-0.15, -0.1) is 0 Å². The third-order valence-electron chi connectivity index (χ3n) is 4.56. The number of carbonyl (C=O) groups excluding carboxylic acids is 2. The van der Waals surface area contributed by atoms with Gasteiger partial charge in [0.25, 0.3) is 11.8 Å². The summed E-state index contributed by atoms with van der Waals surface area (Å²) >= 11 is 0. The average Bonchev–Trinajstić information content (AvgIpc) is 2.71. The minimum atomic E-state index is -0.900. The van der Waals surface area contributed by atoms with E-state index in [0.29, 0.717) is 30.5 Å². The van der Waals surface area contributed by atoms with Gasteiger partial charge in [0.1, 0.15) is 0 Å². The highest BCUT2D eigenvalue weighted by Gasteiger charge is 2.18. The highest BCUT2D eigenvalue weighted by Crippen LogP contribution is 2.12. The van der Waals surface area contributed by atoms with E-state index in [1.54, 1.807) is 36.2 Å². The molecule has 0 fully saturated rings. The first-order valence-electron chi connectivity index (χ1n) is 9.32. The van der Waals surface area contributed by atoms with Gasteiger partial charge >= 0.3 is 5.97 Å². The quantitative estimate of drug-likeness (QED) is 0.698. The van der Waals surface area contributed by atoms with Crippen LogP contribution in [-0.2, 0) is 11.2 Å². The van der Waals surface area contributed by atoms with Crippen LogP contribution >= 0.6 is 0 Å². The van der Waals surface area contributed by atoms with Crippen molar-refractivity contribution >= 4 is 17.8 Å². The van der Waals surface area contributed by atoms with Crippen molar-refractivity contribution in [3.8, 4) is 0 Å². The van der Waals surface area contributed by atoms with Crippen molar-refractivity contribution in [2.24, 2.45) is 0 Å². The molecule has 0 aliphatic rings. The van der Waals surface area contributed by atoms with Gasteiger partial charge in [-0.1, -0.05) is 36.4 Å². The van der Waals surface area contributed by atoms with E-state index in [2.05, 4.69) is 5.32 Å². The van der Waals surface area contributed by atoms with Gasteiger partial charge in [-0.05, 0) is 43.5 Å². The van der Waals surface area contributed by atoms with Crippen molar-refractivity contribution in [3.63, 3.8) is 0 Å². The predicted octanol–water partition coefficient (Wildman–Crippen LogP) is 2.98. The zero-order valence-corrected chi connectivity index (χ0v) is 16.2. The van der Waals surface area contributed by atoms with Crippen molar-refractivity contribution in [2.45, 2.75) is 32.2 Å². The maximum Gasteiger partial charge on any atom is 0.303 e. The molecule has 6 heteroatoms. The van der Waals surface area contributed by atoms with Gasteiger partial charge in [0.15, 0.2) is 0 Å². The van der Waals surface area contributed by atoms with Crippen molar-refractivity contribution < 1.29 is 19.5 Å². The van der Waals surface area contributed by atoms with E-state index in [1.165, 1.54) is 0 Å². The molecule has 2 rings (SSSR count). The fourth-order valence-corrected chi connectivity index (χ4v) is 2.85. The van der Waals surface area contributed by atoms with E-state index in [9.17, 15) is 14.4 Å². The standard InChI is InChI=1S/C22H26N2O4/c1-3-24(2)22(28)18-11-7-10-17(15-18)21(27)23-19(12-13-20(25)26)14-16-8-5-4-6-9-16/h4-11,15,19H,3,12-14H2,1-2H3,(H,23,27)(H,25,26). The number of amides is 2. The second-order valence-electron chi connectivity index (χ2n) is 6.69. The first-order chi connectivity index (χ1) is 13.4. The van der Waals surface area contributed by atoms with Crippen molar-refractivity contribution in [3.05, 3.63) is 71.3 Å². The Morgan fingerprint density at radius 2 is 1.71 bits per heavy atom. The topological polar surface area (TPSA) is 86.7 Å². The molecule has 0 saturated carbocycles. The van der Waals surface area contributed by atoms with Crippen LogP contribution in [0.25, 0.3) is 0 Å². The Kier molecular flexibility index (Phi) is 7.75.